The first-order chi connectivity index (χ1) is 13.1. The molecule has 1 aliphatic rings. The van der Waals surface area contributed by atoms with Crippen molar-refractivity contribution in [2.24, 2.45) is 0 Å². The van der Waals surface area contributed by atoms with E-state index in [4.69, 9.17) is 4.74 Å². The second-order valence-corrected chi connectivity index (χ2v) is 7.46. The van der Waals surface area contributed by atoms with Crippen LogP contribution in [-0.4, -0.2) is 37.2 Å². The molecule has 1 aromatic heterocycles. The number of anilines is 2. The molecule has 0 unspecified atom stereocenters. The summed E-state index contributed by atoms with van der Waals surface area (Å²) in [5, 5.41) is 3.96. The van der Waals surface area contributed by atoms with Gasteiger partial charge in [-0.1, -0.05) is 34.1 Å². The van der Waals surface area contributed by atoms with E-state index in [2.05, 4.69) is 31.1 Å². The predicted molar refractivity (Wildman–Crippen MR) is 112 cm³/mol. The van der Waals surface area contributed by atoms with E-state index in [-0.39, 0.29) is 5.91 Å². The highest BCUT2D eigenvalue weighted by molar-refractivity contribution is 9.10. The molecular formula is C21H20BrN3O2. The first-order valence-corrected chi connectivity index (χ1v) is 9.71. The molecule has 1 amide bonds. The van der Waals surface area contributed by atoms with Gasteiger partial charge in [0.25, 0.3) is 5.91 Å². The molecule has 2 heterocycles. The lowest BCUT2D eigenvalue weighted by atomic mass is 10.1. The maximum absolute atomic E-state index is 13.1. The van der Waals surface area contributed by atoms with E-state index in [9.17, 15) is 4.79 Å². The molecule has 0 bridgehead atoms. The number of ether oxygens (including phenoxy) is 1. The van der Waals surface area contributed by atoms with Gasteiger partial charge in [-0.3, -0.25) is 9.78 Å². The van der Waals surface area contributed by atoms with Gasteiger partial charge in [-0.15, -0.1) is 0 Å². The van der Waals surface area contributed by atoms with E-state index in [1.54, 1.807) is 0 Å². The maximum atomic E-state index is 13.1. The van der Waals surface area contributed by atoms with Crippen molar-refractivity contribution in [1.29, 1.82) is 0 Å². The standard InChI is InChI=1S/C21H20BrN3O2/c1-14-12-17(16-4-2-3-5-18(16)23-14)21(26)24-19-13-15(22)6-7-20(19)25-8-10-27-11-9-25/h2-7,12-13H,8-11H2,1H3,(H,24,26). The van der Waals surface area contributed by atoms with Gasteiger partial charge in [-0.05, 0) is 37.3 Å². The van der Waals surface area contributed by atoms with Gasteiger partial charge in [-0.25, -0.2) is 0 Å². The van der Waals surface area contributed by atoms with E-state index < -0.39 is 0 Å². The molecule has 0 radical (unpaired) electrons. The normalized spacial score (nSPS) is 14.4. The Hall–Kier alpha value is -2.44. The number of rotatable bonds is 3. The van der Waals surface area contributed by atoms with Crippen LogP contribution in [0.15, 0.2) is 53.0 Å². The number of nitrogens with zero attached hydrogens (tertiary/aromatic N) is 2. The number of hydrogen-bond donors (Lipinski definition) is 1. The van der Waals surface area contributed by atoms with Crippen LogP contribution in [0.25, 0.3) is 10.9 Å². The summed E-state index contributed by atoms with van der Waals surface area (Å²) in [6.07, 6.45) is 0. The average molecular weight is 426 g/mol. The monoisotopic (exact) mass is 425 g/mol. The van der Waals surface area contributed by atoms with Crippen LogP contribution in [0.5, 0.6) is 0 Å². The molecule has 138 valence electrons. The lowest BCUT2D eigenvalue weighted by Crippen LogP contribution is -2.36. The van der Waals surface area contributed by atoms with Gasteiger partial charge in [0.1, 0.15) is 0 Å². The topological polar surface area (TPSA) is 54.5 Å². The number of benzene rings is 2. The van der Waals surface area contributed by atoms with Crippen molar-refractivity contribution in [3.05, 3.63) is 64.3 Å². The molecule has 0 atom stereocenters. The summed E-state index contributed by atoms with van der Waals surface area (Å²) in [6, 6.07) is 15.5. The number of hydrogen-bond acceptors (Lipinski definition) is 4. The largest absolute Gasteiger partial charge is 0.378 e. The van der Waals surface area contributed by atoms with Crippen LogP contribution in [0.1, 0.15) is 16.1 Å². The lowest BCUT2D eigenvalue weighted by molar-refractivity contribution is 0.102. The van der Waals surface area contributed by atoms with E-state index in [0.29, 0.717) is 18.8 Å². The zero-order chi connectivity index (χ0) is 18.8. The molecule has 5 nitrogen and oxygen atoms in total. The Bertz CT molecular complexity index is 1000. The summed E-state index contributed by atoms with van der Waals surface area (Å²) in [5.41, 5.74) is 4.07. The minimum atomic E-state index is -0.135. The number of amides is 1. The number of morpholine rings is 1. The second kappa shape index (κ2) is 7.66. The van der Waals surface area contributed by atoms with Gasteiger partial charge >= 0.3 is 0 Å². The fraction of sp³-hybridized carbons (Fsp3) is 0.238. The molecule has 1 saturated heterocycles. The molecule has 1 N–H and O–H groups in total. The zero-order valence-corrected chi connectivity index (χ0v) is 16.6. The molecule has 2 aromatic carbocycles. The van der Waals surface area contributed by atoms with Crippen molar-refractivity contribution in [1.82, 2.24) is 4.98 Å². The molecular weight excluding hydrogens is 406 g/mol. The van der Waals surface area contributed by atoms with Gasteiger partial charge in [0.05, 0.1) is 35.7 Å². The summed E-state index contributed by atoms with van der Waals surface area (Å²) in [4.78, 5) is 19.9. The van der Waals surface area contributed by atoms with Gasteiger partial charge in [-0.2, -0.15) is 0 Å². The van der Waals surface area contributed by atoms with Crippen molar-refractivity contribution < 1.29 is 9.53 Å². The van der Waals surface area contributed by atoms with Crippen LogP contribution < -0.4 is 10.2 Å². The number of carbonyl (C=O) groups is 1. The van der Waals surface area contributed by atoms with Crippen LogP contribution >= 0.6 is 15.9 Å². The molecule has 0 saturated carbocycles. The third kappa shape index (κ3) is 3.82. The number of aromatic nitrogens is 1. The SMILES string of the molecule is Cc1cc(C(=O)Nc2cc(Br)ccc2N2CCOCC2)c2ccccc2n1. The molecule has 4 rings (SSSR count). The van der Waals surface area contributed by atoms with Gasteiger partial charge in [0, 0.05) is 28.6 Å². The van der Waals surface area contributed by atoms with E-state index in [1.165, 1.54) is 0 Å². The minimum Gasteiger partial charge on any atom is -0.378 e. The first kappa shape index (κ1) is 17.9. The molecule has 1 aliphatic heterocycles. The predicted octanol–water partition coefficient (Wildman–Crippen LogP) is 4.39. The summed E-state index contributed by atoms with van der Waals surface area (Å²) in [6.45, 7) is 4.90. The Morgan fingerprint density at radius 2 is 1.93 bits per heavy atom. The number of fused-ring (bicyclic) bond motifs is 1. The minimum absolute atomic E-state index is 0.135. The Morgan fingerprint density at radius 3 is 2.74 bits per heavy atom. The van der Waals surface area contributed by atoms with E-state index >= 15 is 0 Å². The number of nitrogens with one attached hydrogen (secondary N) is 1. The molecule has 0 spiro atoms. The Labute approximate surface area is 166 Å². The third-order valence-electron chi connectivity index (χ3n) is 4.65. The maximum Gasteiger partial charge on any atom is 0.256 e. The molecule has 6 heteroatoms. The number of carbonyl (C=O) groups excluding carboxylic acids is 1. The van der Waals surface area contributed by atoms with Crippen molar-refractivity contribution in [2.45, 2.75) is 6.92 Å². The van der Waals surface area contributed by atoms with Crippen LogP contribution in [-0.2, 0) is 4.74 Å². The molecule has 3 aromatic rings. The van der Waals surface area contributed by atoms with Crippen LogP contribution in [0.2, 0.25) is 0 Å². The number of halogens is 1. The third-order valence-corrected chi connectivity index (χ3v) is 5.14. The number of para-hydroxylation sites is 1. The Kier molecular flexibility index (Phi) is 5.09. The Morgan fingerprint density at radius 1 is 1.15 bits per heavy atom. The van der Waals surface area contributed by atoms with Crippen LogP contribution in [0.3, 0.4) is 0 Å². The van der Waals surface area contributed by atoms with Gasteiger partial charge < -0.3 is 15.0 Å². The molecule has 1 fully saturated rings. The number of pyridine rings is 1. The van der Waals surface area contributed by atoms with Crippen LogP contribution in [0.4, 0.5) is 11.4 Å². The van der Waals surface area contributed by atoms with Crippen LogP contribution in [0, 0.1) is 6.92 Å². The summed E-state index contributed by atoms with van der Waals surface area (Å²) in [5.74, 6) is -0.135. The highest BCUT2D eigenvalue weighted by atomic mass is 79.9. The van der Waals surface area contributed by atoms with E-state index in [1.807, 2.05) is 55.5 Å². The quantitative estimate of drug-likeness (QED) is 0.675. The van der Waals surface area contributed by atoms with Crippen molar-refractivity contribution >= 4 is 44.1 Å². The summed E-state index contributed by atoms with van der Waals surface area (Å²) >= 11 is 3.51. The first-order valence-electron chi connectivity index (χ1n) is 8.92. The highest BCUT2D eigenvalue weighted by Crippen LogP contribution is 2.31. The molecule has 27 heavy (non-hydrogen) atoms. The van der Waals surface area contributed by atoms with Crippen molar-refractivity contribution in [2.75, 3.05) is 36.5 Å². The summed E-state index contributed by atoms with van der Waals surface area (Å²) in [7, 11) is 0. The van der Waals surface area contributed by atoms with E-state index in [0.717, 1.165) is 45.5 Å². The molecule has 0 aliphatic carbocycles. The van der Waals surface area contributed by atoms with Gasteiger partial charge in [0.2, 0.25) is 0 Å². The fourth-order valence-corrected chi connectivity index (χ4v) is 3.73. The Balaban J connectivity index is 1.70. The number of aryl methyl sites for hydroxylation is 1. The lowest BCUT2D eigenvalue weighted by Gasteiger charge is -2.30. The zero-order valence-electron chi connectivity index (χ0n) is 15.0. The van der Waals surface area contributed by atoms with Gasteiger partial charge in [0.15, 0.2) is 0 Å². The van der Waals surface area contributed by atoms with Crippen molar-refractivity contribution in [3.63, 3.8) is 0 Å². The average Bonchev–Trinajstić information content (AvgIpc) is 2.68. The summed E-state index contributed by atoms with van der Waals surface area (Å²) < 4.78 is 6.37. The highest BCUT2D eigenvalue weighted by Gasteiger charge is 2.18. The smallest absolute Gasteiger partial charge is 0.256 e. The second-order valence-electron chi connectivity index (χ2n) is 6.54. The fourth-order valence-electron chi connectivity index (χ4n) is 3.37. The van der Waals surface area contributed by atoms with Crippen molar-refractivity contribution in [3.8, 4) is 0 Å².